The predicted octanol–water partition coefficient (Wildman–Crippen LogP) is 3.45. The predicted molar refractivity (Wildman–Crippen MR) is 82.5 cm³/mol. The van der Waals surface area contributed by atoms with Gasteiger partial charge < -0.3 is 10.2 Å². The highest BCUT2D eigenvalue weighted by atomic mass is 16.6. The Labute approximate surface area is 127 Å². The number of carbonyl (C=O) groups is 1. The standard InChI is InChI=1S/C16H15N3O3/c1-11-8-14(19(21)22)6-7-15(11)17-16(20)18-9-12-4-2-3-5-13(12)10-18/h2-8H,9-10H2,1H3,(H,17,20). The second kappa shape index (κ2) is 5.48. The van der Waals surface area contributed by atoms with Crippen molar-refractivity contribution >= 4 is 17.4 Å². The molecule has 0 unspecified atom stereocenters. The van der Waals surface area contributed by atoms with Gasteiger partial charge in [-0.3, -0.25) is 10.1 Å². The first-order valence-electron chi connectivity index (χ1n) is 6.92. The second-order valence-electron chi connectivity index (χ2n) is 5.31. The summed E-state index contributed by atoms with van der Waals surface area (Å²) >= 11 is 0. The zero-order valence-corrected chi connectivity index (χ0v) is 12.1. The number of non-ortho nitro benzene ring substituents is 1. The minimum absolute atomic E-state index is 0.0177. The molecular weight excluding hydrogens is 282 g/mol. The summed E-state index contributed by atoms with van der Waals surface area (Å²) < 4.78 is 0. The van der Waals surface area contributed by atoms with Crippen LogP contribution in [-0.2, 0) is 13.1 Å². The van der Waals surface area contributed by atoms with Crippen LogP contribution in [0.3, 0.4) is 0 Å². The molecule has 0 radical (unpaired) electrons. The normalized spacial score (nSPS) is 12.9. The number of urea groups is 1. The molecule has 1 aliphatic rings. The largest absolute Gasteiger partial charge is 0.322 e. The van der Waals surface area contributed by atoms with Crippen molar-refractivity contribution in [2.45, 2.75) is 20.0 Å². The van der Waals surface area contributed by atoms with E-state index >= 15 is 0 Å². The molecule has 0 fully saturated rings. The van der Waals surface area contributed by atoms with Gasteiger partial charge in [-0.2, -0.15) is 0 Å². The van der Waals surface area contributed by atoms with Crippen molar-refractivity contribution in [2.24, 2.45) is 0 Å². The molecule has 6 nitrogen and oxygen atoms in total. The van der Waals surface area contributed by atoms with Gasteiger partial charge in [-0.25, -0.2) is 4.79 Å². The lowest BCUT2D eigenvalue weighted by atomic mass is 10.1. The van der Waals surface area contributed by atoms with Crippen molar-refractivity contribution < 1.29 is 9.72 Å². The Morgan fingerprint density at radius 1 is 1.18 bits per heavy atom. The molecule has 0 aliphatic carbocycles. The minimum atomic E-state index is -0.449. The topological polar surface area (TPSA) is 75.5 Å². The zero-order valence-electron chi connectivity index (χ0n) is 12.1. The van der Waals surface area contributed by atoms with Gasteiger partial charge in [0.15, 0.2) is 0 Å². The monoisotopic (exact) mass is 297 g/mol. The van der Waals surface area contributed by atoms with E-state index < -0.39 is 4.92 Å². The molecule has 0 atom stereocenters. The molecule has 2 amide bonds. The zero-order chi connectivity index (χ0) is 15.7. The summed E-state index contributed by atoms with van der Waals surface area (Å²) in [5, 5.41) is 13.5. The van der Waals surface area contributed by atoms with Gasteiger partial charge in [0.25, 0.3) is 5.69 Å². The van der Waals surface area contributed by atoms with Crippen LogP contribution in [0.25, 0.3) is 0 Å². The molecule has 112 valence electrons. The molecule has 0 saturated carbocycles. The van der Waals surface area contributed by atoms with E-state index in [4.69, 9.17) is 0 Å². The lowest BCUT2D eigenvalue weighted by Crippen LogP contribution is -2.30. The molecule has 0 aromatic heterocycles. The Balaban J connectivity index is 1.72. The highest BCUT2D eigenvalue weighted by molar-refractivity contribution is 5.90. The van der Waals surface area contributed by atoms with E-state index in [9.17, 15) is 14.9 Å². The van der Waals surface area contributed by atoms with Crippen LogP contribution in [0.4, 0.5) is 16.2 Å². The Bertz CT molecular complexity index is 733. The van der Waals surface area contributed by atoms with E-state index in [1.165, 1.54) is 12.1 Å². The van der Waals surface area contributed by atoms with Gasteiger partial charge in [-0.15, -0.1) is 0 Å². The quantitative estimate of drug-likeness (QED) is 0.681. The number of carbonyl (C=O) groups excluding carboxylic acids is 1. The molecule has 2 aromatic carbocycles. The maximum Gasteiger partial charge on any atom is 0.322 e. The molecule has 0 bridgehead atoms. The average molecular weight is 297 g/mol. The highest BCUT2D eigenvalue weighted by Crippen LogP contribution is 2.25. The van der Waals surface area contributed by atoms with Crippen LogP contribution in [0.2, 0.25) is 0 Å². The number of hydrogen-bond donors (Lipinski definition) is 1. The number of nitrogens with one attached hydrogen (secondary N) is 1. The van der Waals surface area contributed by atoms with Crippen molar-refractivity contribution in [3.05, 3.63) is 69.3 Å². The maximum absolute atomic E-state index is 12.3. The molecule has 0 spiro atoms. The summed E-state index contributed by atoms with van der Waals surface area (Å²) in [4.78, 5) is 24.3. The van der Waals surface area contributed by atoms with Crippen molar-refractivity contribution in [1.82, 2.24) is 4.90 Å². The van der Waals surface area contributed by atoms with Crippen molar-refractivity contribution in [2.75, 3.05) is 5.32 Å². The number of nitro benzene ring substituents is 1. The first-order chi connectivity index (χ1) is 10.5. The fourth-order valence-corrected chi connectivity index (χ4v) is 2.57. The summed E-state index contributed by atoms with van der Waals surface area (Å²) in [7, 11) is 0. The van der Waals surface area contributed by atoms with Gasteiger partial charge >= 0.3 is 6.03 Å². The maximum atomic E-state index is 12.3. The SMILES string of the molecule is Cc1cc([N+](=O)[O-])ccc1NC(=O)N1Cc2ccccc2C1. The Kier molecular flexibility index (Phi) is 3.50. The van der Waals surface area contributed by atoms with E-state index in [0.29, 0.717) is 24.3 Å². The molecule has 3 rings (SSSR count). The Morgan fingerprint density at radius 3 is 2.36 bits per heavy atom. The first-order valence-corrected chi connectivity index (χ1v) is 6.92. The lowest BCUT2D eigenvalue weighted by Gasteiger charge is -2.17. The number of amides is 2. The molecule has 1 heterocycles. The highest BCUT2D eigenvalue weighted by Gasteiger charge is 2.23. The summed E-state index contributed by atoms with van der Waals surface area (Å²) in [6.07, 6.45) is 0. The second-order valence-corrected chi connectivity index (χ2v) is 5.31. The fourth-order valence-electron chi connectivity index (χ4n) is 2.57. The minimum Gasteiger partial charge on any atom is -0.316 e. The summed E-state index contributed by atoms with van der Waals surface area (Å²) in [6, 6.07) is 12.2. The molecule has 0 saturated heterocycles. The van der Waals surface area contributed by atoms with Gasteiger partial charge in [-0.05, 0) is 29.7 Å². The van der Waals surface area contributed by atoms with Crippen LogP contribution >= 0.6 is 0 Å². The molecule has 22 heavy (non-hydrogen) atoms. The van der Waals surface area contributed by atoms with Crippen LogP contribution < -0.4 is 5.32 Å². The van der Waals surface area contributed by atoms with E-state index in [2.05, 4.69) is 5.32 Å². The molecule has 2 aromatic rings. The number of fused-ring (bicyclic) bond motifs is 1. The van der Waals surface area contributed by atoms with Gasteiger partial charge in [0.2, 0.25) is 0 Å². The fraction of sp³-hybridized carbons (Fsp3) is 0.188. The van der Waals surface area contributed by atoms with Crippen LogP contribution in [0.15, 0.2) is 42.5 Å². The smallest absolute Gasteiger partial charge is 0.316 e. The third-order valence-electron chi connectivity index (χ3n) is 3.79. The summed E-state index contributed by atoms with van der Waals surface area (Å²) in [5.74, 6) is 0. The lowest BCUT2D eigenvalue weighted by molar-refractivity contribution is -0.384. The number of aryl methyl sites for hydroxylation is 1. The molecule has 1 aliphatic heterocycles. The van der Waals surface area contributed by atoms with Crippen molar-refractivity contribution in [3.8, 4) is 0 Å². The molecule has 1 N–H and O–H groups in total. The number of hydrogen-bond acceptors (Lipinski definition) is 3. The number of nitro groups is 1. The average Bonchev–Trinajstić information content (AvgIpc) is 2.93. The van der Waals surface area contributed by atoms with E-state index in [1.54, 1.807) is 17.9 Å². The number of rotatable bonds is 2. The van der Waals surface area contributed by atoms with Crippen LogP contribution in [0.5, 0.6) is 0 Å². The van der Waals surface area contributed by atoms with E-state index in [-0.39, 0.29) is 11.7 Å². The molecular formula is C16H15N3O3. The van der Waals surface area contributed by atoms with Crippen LogP contribution in [-0.4, -0.2) is 15.9 Å². The third-order valence-corrected chi connectivity index (χ3v) is 3.79. The van der Waals surface area contributed by atoms with Crippen LogP contribution in [0, 0.1) is 17.0 Å². The first kappa shape index (κ1) is 14.1. The molecule has 6 heteroatoms. The van der Waals surface area contributed by atoms with E-state index in [0.717, 1.165) is 11.1 Å². The van der Waals surface area contributed by atoms with Gasteiger partial charge in [0.05, 0.1) is 4.92 Å². The number of anilines is 1. The van der Waals surface area contributed by atoms with Crippen LogP contribution in [0.1, 0.15) is 16.7 Å². The van der Waals surface area contributed by atoms with Crippen molar-refractivity contribution in [3.63, 3.8) is 0 Å². The van der Waals surface area contributed by atoms with Crippen molar-refractivity contribution in [1.29, 1.82) is 0 Å². The third kappa shape index (κ3) is 2.63. The summed E-state index contributed by atoms with van der Waals surface area (Å²) in [5.41, 5.74) is 3.58. The number of benzene rings is 2. The number of nitrogens with zero attached hydrogens (tertiary/aromatic N) is 2. The van der Waals surface area contributed by atoms with Gasteiger partial charge in [0.1, 0.15) is 0 Å². The Hall–Kier alpha value is -2.89. The van der Waals surface area contributed by atoms with Gasteiger partial charge in [0, 0.05) is 30.9 Å². The van der Waals surface area contributed by atoms with E-state index in [1.807, 2.05) is 24.3 Å². The van der Waals surface area contributed by atoms with Gasteiger partial charge in [-0.1, -0.05) is 24.3 Å². The Morgan fingerprint density at radius 2 is 1.82 bits per heavy atom. The summed E-state index contributed by atoms with van der Waals surface area (Å²) in [6.45, 7) is 2.89.